The number of benzene rings is 2. The van der Waals surface area contributed by atoms with Gasteiger partial charge in [-0.1, -0.05) is 36.4 Å². The normalized spacial score (nSPS) is 25.3. The van der Waals surface area contributed by atoms with Crippen molar-refractivity contribution < 1.29 is 14.9 Å². The number of hydrogen-bond donors (Lipinski definition) is 3. The molecule has 0 spiro atoms. The molecule has 0 saturated carbocycles. The molecule has 2 aliphatic rings. The first-order valence-corrected chi connectivity index (χ1v) is 11.4. The maximum absolute atomic E-state index is 13.2. The standard InChI is InChI=1S/C25H28N4O5/c1-17-15-29(24(33)26-22(17)32)25(14-20(31)21(16-30)34-25)23-27(18-8-4-2-5-9-18)12-13-28(23)19-10-6-3-7-11-19/h2-11,15,20-21,23,30-31H,12-14,16H2,1H3,(H,26,32,33)/t20-,21+,25-/m0/s1. The van der Waals surface area contributed by atoms with Crippen molar-refractivity contribution in [1.29, 1.82) is 0 Å². The van der Waals surface area contributed by atoms with Gasteiger partial charge < -0.3 is 24.7 Å². The topological polar surface area (TPSA) is 111 Å². The van der Waals surface area contributed by atoms with Gasteiger partial charge in [-0.05, 0) is 31.2 Å². The van der Waals surface area contributed by atoms with Crippen LogP contribution in [-0.4, -0.2) is 57.8 Å². The third-order valence-electron chi connectivity index (χ3n) is 6.75. The van der Waals surface area contributed by atoms with Gasteiger partial charge in [-0.2, -0.15) is 0 Å². The van der Waals surface area contributed by atoms with Crippen molar-refractivity contribution in [1.82, 2.24) is 9.55 Å². The molecule has 2 aromatic carbocycles. The van der Waals surface area contributed by atoms with E-state index in [1.807, 2.05) is 60.7 Å². The molecule has 0 bridgehead atoms. The Labute approximate surface area is 196 Å². The number of aromatic amines is 1. The number of aliphatic hydroxyl groups is 2. The van der Waals surface area contributed by atoms with E-state index in [-0.39, 0.29) is 6.42 Å². The molecule has 5 rings (SSSR count). The lowest BCUT2D eigenvalue weighted by Gasteiger charge is -2.45. The summed E-state index contributed by atoms with van der Waals surface area (Å²) >= 11 is 0. The minimum atomic E-state index is -1.39. The number of aromatic nitrogens is 2. The largest absolute Gasteiger partial charge is 0.394 e. The zero-order chi connectivity index (χ0) is 23.9. The molecular weight excluding hydrogens is 436 g/mol. The summed E-state index contributed by atoms with van der Waals surface area (Å²) in [6.07, 6.45) is -0.888. The molecule has 3 aromatic rings. The number of anilines is 2. The number of aryl methyl sites for hydroxylation is 1. The van der Waals surface area contributed by atoms with Gasteiger partial charge in [0, 0.05) is 42.6 Å². The highest BCUT2D eigenvalue weighted by molar-refractivity contribution is 5.58. The van der Waals surface area contributed by atoms with E-state index in [0.29, 0.717) is 18.7 Å². The van der Waals surface area contributed by atoms with Crippen molar-refractivity contribution in [3.8, 4) is 0 Å². The molecule has 0 radical (unpaired) electrons. The number of H-pyrrole nitrogens is 1. The van der Waals surface area contributed by atoms with Crippen molar-refractivity contribution in [2.75, 3.05) is 29.5 Å². The summed E-state index contributed by atoms with van der Waals surface area (Å²) in [7, 11) is 0. The molecule has 2 fully saturated rings. The van der Waals surface area contributed by atoms with Gasteiger partial charge in [0.15, 0.2) is 11.9 Å². The quantitative estimate of drug-likeness (QED) is 0.517. The Bertz CT molecular complexity index is 1210. The molecule has 9 nitrogen and oxygen atoms in total. The number of ether oxygens (including phenoxy) is 1. The van der Waals surface area contributed by atoms with Crippen LogP contribution in [0.15, 0.2) is 76.4 Å². The van der Waals surface area contributed by atoms with E-state index >= 15 is 0 Å². The van der Waals surface area contributed by atoms with Gasteiger partial charge >= 0.3 is 5.69 Å². The Hall–Kier alpha value is -3.40. The van der Waals surface area contributed by atoms with Crippen LogP contribution in [0, 0.1) is 6.92 Å². The molecular formula is C25H28N4O5. The highest BCUT2D eigenvalue weighted by Gasteiger charge is 2.58. The average Bonchev–Trinajstić information content (AvgIpc) is 3.44. The van der Waals surface area contributed by atoms with Crippen LogP contribution in [0.3, 0.4) is 0 Å². The van der Waals surface area contributed by atoms with Crippen LogP contribution in [0.2, 0.25) is 0 Å². The summed E-state index contributed by atoms with van der Waals surface area (Å²) in [5.74, 6) is 0. The summed E-state index contributed by atoms with van der Waals surface area (Å²) in [6, 6.07) is 19.6. The second-order valence-electron chi connectivity index (χ2n) is 8.83. The van der Waals surface area contributed by atoms with Crippen molar-refractivity contribution in [2.45, 2.75) is 37.4 Å². The third kappa shape index (κ3) is 3.62. The predicted molar refractivity (Wildman–Crippen MR) is 128 cm³/mol. The Kier molecular flexibility index (Phi) is 5.76. The summed E-state index contributed by atoms with van der Waals surface area (Å²) in [6.45, 7) is 2.51. The first-order valence-electron chi connectivity index (χ1n) is 11.4. The number of aliphatic hydroxyl groups excluding tert-OH is 2. The zero-order valence-electron chi connectivity index (χ0n) is 18.9. The predicted octanol–water partition coefficient (Wildman–Crippen LogP) is 0.993. The molecule has 0 unspecified atom stereocenters. The summed E-state index contributed by atoms with van der Waals surface area (Å²) in [5.41, 5.74) is -0.273. The lowest BCUT2D eigenvalue weighted by atomic mass is 10.0. The van der Waals surface area contributed by atoms with E-state index in [0.717, 1.165) is 11.4 Å². The van der Waals surface area contributed by atoms with Crippen molar-refractivity contribution in [3.63, 3.8) is 0 Å². The van der Waals surface area contributed by atoms with Gasteiger partial charge in [0.05, 0.1) is 12.7 Å². The van der Waals surface area contributed by atoms with Crippen molar-refractivity contribution >= 4 is 11.4 Å². The van der Waals surface area contributed by atoms with E-state index in [2.05, 4.69) is 14.8 Å². The lowest BCUT2D eigenvalue weighted by molar-refractivity contribution is -0.131. The van der Waals surface area contributed by atoms with Gasteiger partial charge in [0.2, 0.25) is 0 Å². The van der Waals surface area contributed by atoms with Crippen LogP contribution < -0.4 is 21.0 Å². The van der Waals surface area contributed by atoms with Crippen LogP contribution in [0.25, 0.3) is 0 Å². The van der Waals surface area contributed by atoms with Gasteiger partial charge in [-0.15, -0.1) is 0 Å². The van der Waals surface area contributed by atoms with E-state index < -0.39 is 42.0 Å². The molecule has 3 heterocycles. The van der Waals surface area contributed by atoms with E-state index in [1.165, 1.54) is 10.8 Å². The van der Waals surface area contributed by atoms with Crippen LogP contribution in [0.5, 0.6) is 0 Å². The fraction of sp³-hybridized carbons (Fsp3) is 0.360. The number of para-hydroxylation sites is 2. The first-order chi connectivity index (χ1) is 16.4. The van der Waals surface area contributed by atoms with Gasteiger partial charge in [0.1, 0.15) is 6.10 Å². The molecule has 178 valence electrons. The highest BCUT2D eigenvalue weighted by atomic mass is 16.6. The maximum atomic E-state index is 13.2. The van der Waals surface area contributed by atoms with Crippen molar-refractivity contribution in [3.05, 3.63) is 93.3 Å². The minimum absolute atomic E-state index is 0.0565. The Morgan fingerprint density at radius 1 is 1.00 bits per heavy atom. The molecule has 2 aliphatic heterocycles. The van der Waals surface area contributed by atoms with Gasteiger partial charge in [-0.3, -0.25) is 14.3 Å². The fourth-order valence-corrected chi connectivity index (χ4v) is 5.17. The molecule has 3 N–H and O–H groups in total. The second kappa shape index (κ2) is 8.75. The number of hydrogen-bond acceptors (Lipinski definition) is 7. The molecule has 2 saturated heterocycles. The molecule has 9 heteroatoms. The van der Waals surface area contributed by atoms with Crippen LogP contribution in [0.4, 0.5) is 11.4 Å². The average molecular weight is 465 g/mol. The van der Waals surface area contributed by atoms with E-state index in [4.69, 9.17) is 4.74 Å². The highest BCUT2D eigenvalue weighted by Crippen LogP contribution is 2.45. The van der Waals surface area contributed by atoms with E-state index in [1.54, 1.807) is 6.92 Å². The molecule has 0 aliphatic carbocycles. The van der Waals surface area contributed by atoms with Crippen LogP contribution in [-0.2, 0) is 10.5 Å². The monoisotopic (exact) mass is 464 g/mol. The maximum Gasteiger partial charge on any atom is 0.330 e. The Morgan fingerprint density at radius 3 is 2.06 bits per heavy atom. The lowest BCUT2D eigenvalue weighted by Crippen LogP contribution is -2.61. The first kappa shape index (κ1) is 22.4. The van der Waals surface area contributed by atoms with Crippen molar-refractivity contribution in [2.24, 2.45) is 0 Å². The number of nitrogens with one attached hydrogen (secondary N) is 1. The van der Waals surface area contributed by atoms with Gasteiger partial charge in [-0.25, -0.2) is 4.79 Å². The van der Waals surface area contributed by atoms with Gasteiger partial charge in [0.25, 0.3) is 5.56 Å². The fourth-order valence-electron chi connectivity index (χ4n) is 5.17. The molecule has 0 amide bonds. The summed E-state index contributed by atoms with van der Waals surface area (Å²) in [4.78, 5) is 32.0. The SMILES string of the molecule is Cc1cn([C@@]2(C3N(c4ccccc4)CCN3c3ccccc3)C[C@H](O)[C@@H](CO)O2)c(=O)[nH]c1=O. The molecule has 3 atom stereocenters. The minimum Gasteiger partial charge on any atom is -0.394 e. The summed E-state index contributed by atoms with van der Waals surface area (Å²) < 4.78 is 7.80. The summed E-state index contributed by atoms with van der Waals surface area (Å²) in [5, 5.41) is 20.8. The van der Waals surface area contributed by atoms with Crippen LogP contribution in [0.1, 0.15) is 12.0 Å². The van der Waals surface area contributed by atoms with E-state index in [9.17, 15) is 19.8 Å². The number of nitrogens with zero attached hydrogens (tertiary/aromatic N) is 3. The van der Waals surface area contributed by atoms with Crippen LogP contribution >= 0.6 is 0 Å². The Morgan fingerprint density at radius 2 is 1.56 bits per heavy atom. The Balaban J connectivity index is 1.75. The molecule has 34 heavy (non-hydrogen) atoms. The second-order valence-corrected chi connectivity index (χ2v) is 8.83. The number of rotatable bonds is 5. The third-order valence-corrected chi connectivity index (χ3v) is 6.75. The smallest absolute Gasteiger partial charge is 0.330 e. The zero-order valence-corrected chi connectivity index (χ0v) is 18.9. The molecule has 1 aromatic heterocycles.